The van der Waals surface area contributed by atoms with Crippen LogP contribution in [0.4, 0.5) is 0 Å². The zero-order chi connectivity index (χ0) is 10.7. The Morgan fingerprint density at radius 2 is 2.13 bits per heavy atom. The van der Waals surface area contributed by atoms with Gasteiger partial charge in [0.2, 0.25) is 0 Å². The molecule has 0 unspecified atom stereocenters. The summed E-state index contributed by atoms with van der Waals surface area (Å²) in [6.07, 6.45) is 3.47. The molecule has 15 heavy (non-hydrogen) atoms. The molecule has 2 rings (SSSR count). The van der Waals surface area contributed by atoms with Gasteiger partial charge in [0.15, 0.2) is 0 Å². The highest BCUT2D eigenvalue weighted by Crippen LogP contribution is 2.19. The van der Waals surface area contributed by atoms with Crippen LogP contribution in [0.15, 0.2) is 30.5 Å². The maximum Gasteiger partial charge on any atom is 0.0456 e. The molecule has 0 saturated carbocycles. The van der Waals surface area contributed by atoms with Crippen molar-refractivity contribution in [3.63, 3.8) is 0 Å². The molecule has 1 aromatic carbocycles. The lowest BCUT2D eigenvalue weighted by Gasteiger charge is -2.01. The van der Waals surface area contributed by atoms with Crippen LogP contribution in [0.1, 0.15) is 18.4 Å². The number of hydrogen-bond donors (Lipinski definition) is 1. The van der Waals surface area contributed by atoms with Crippen LogP contribution in [0.2, 0.25) is 0 Å². The molecular weight excluding hydrogens is 190 g/mol. The standard InChI is InChI=1S/C12H13NO2/c14-12(15)7-3-4-9-8-13-11-6-2-1-5-10(9)11/h1-2,5-6,8,13H,3-4,7H2,(H,14,15)/p-1. The number of fused-ring (bicyclic) bond motifs is 1. The van der Waals surface area contributed by atoms with E-state index in [9.17, 15) is 9.90 Å². The number of rotatable bonds is 4. The van der Waals surface area contributed by atoms with Crippen LogP contribution < -0.4 is 5.11 Å². The first kappa shape index (κ1) is 9.77. The monoisotopic (exact) mass is 202 g/mol. The van der Waals surface area contributed by atoms with Crippen molar-refractivity contribution >= 4 is 16.9 Å². The summed E-state index contributed by atoms with van der Waals surface area (Å²) in [7, 11) is 0. The molecule has 0 fully saturated rings. The first-order chi connectivity index (χ1) is 7.27. The number of carboxylic acid groups (broad SMARTS) is 1. The second kappa shape index (κ2) is 4.17. The van der Waals surface area contributed by atoms with E-state index in [1.165, 1.54) is 10.9 Å². The van der Waals surface area contributed by atoms with Gasteiger partial charge in [-0.15, -0.1) is 0 Å². The summed E-state index contributed by atoms with van der Waals surface area (Å²) in [6.45, 7) is 0. The van der Waals surface area contributed by atoms with Gasteiger partial charge in [-0.2, -0.15) is 0 Å². The molecule has 0 atom stereocenters. The summed E-state index contributed by atoms with van der Waals surface area (Å²) in [4.78, 5) is 13.4. The number of para-hydroxylation sites is 1. The van der Waals surface area contributed by atoms with Crippen LogP contribution in [0, 0.1) is 0 Å². The van der Waals surface area contributed by atoms with Gasteiger partial charge in [-0.25, -0.2) is 0 Å². The van der Waals surface area contributed by atoms with Crippen molar-refractivity contribution in [2.75, 3.05) is 0 Å². The number of carbonyl (C=O) groups is 1. The number of benzene rings is 1. The molecule has 0 radical (unpaired) electrons. The number of aryl methyl sites for hydroxylation is 1. The molecule has 0 aliphatic carbocycles. The fraction of sp³-hybridized carbons (Fsp3) is 0.250. The summed E-state index contributed by atoms with van der Waals surface area (Å²) in [6, 6.07) is 8.01. The average Bonchev–Trinajstić information content (AvgIpc) is 2.62. The molecule has 0 amide bonds. The SMILES string of the molecule is O=C([O-])CCCc1c[nH]c2ccccc12. The number of carbonyl (C=O) groups excluding carboxylic acids is 1. The average molecular weight is 202 g/mol. The van der Waals surface area contributed by atoms with E-state index in [4.69, 9.17) is 0 Å². The Labute approximate surface area is 87.7 Å². The fourth-order valence-electron chi connectivity index (χ4n) is 1.76. The number of aromatic amines is 1. The molecule has 0 spiro atoms. The maximum absolute atomic E-state index is 10.3. The summed E-state index contributed by atoms with van der Waals surface area (Å²) >= 11 is 0. The highest BCUT2D eigenvalue weighted by Gasteiger charge is 2.01. The van der Waals surface area contributed by atoms with E-state index in [-0.39, 0.29) is 6.42 Å². The van der Waals surface area contributed by atoms with Gasteiger partial charge in [0.05, 0.1) is 0 Å². The van der Waals surface area contributed by atoms with Crippen LogP contribution in [0.5, 0.6) is 0 Å². The molecule has 3 heteroatoms. The van der Waals surface area contributed by atoms with Crippen LogP contribution in [0.3, 0.4) is 0 Å². The zero-order valence-electron chi connectivity index (χ0n) is 8.32. The molecule has 3 nitrogen and oxygen atoms in total. The molecule has 1 heterocycles. The largest absolute Gasteiger partial charge is 0.550 e. The number of hydrogen-bond acceptors (Lipinski definition) is 2. The van der Waals surface area contributed by atoms with Crippen molar-refractivity contribution < 1.29 is 9.90 Å². The van der Waals surface area contributed by atoms with Gasteiger partial charge in [-0.1, -0.05) is 18.2 Å². The molecule has 1 N–H and O–H groups in total. The van der Waals surface area contributed by atoms with Crippen LogP contribution in [0.25, 0.3) is 10.9 Å². The van der Waals surface area contributed by atoms with Gasteiger partial charge < -0.3 is 14.9 Å². The third-order valence-corrected chi connectivity index (χ3v) is 2.50. The lowest BCUT2D eigenvalue weighted by atomic mass is 10.1. The molecule has 2 aromatic rings. The Morgan fingerprint density at radius 1 is 1.33 bits per heavy atom. The first-order valence-electron chi connectivity index (χ1n) is 5.02. The number of nitrogens with one attached hydrogen (secondary N) is 1. The smallest absolute Gasteiger partial charge is 0.0456 e. The molecule has 0 aliphatic heterocycles. The van der Waals surface area contributed by atoms with E-state index < -0.39 is 5.97 Å². The minimum atomic E-state index is -0.977. The van der Waals surface area contributed by atoms with E-state index in [2.05, 4.69) is 4.98 Å². The Hall–Kier alpha value is -1.77. The molecular formula is C12H12NO2-. The van der Waals surface area contributed by atoms with Gasteiger partial charge in [0.1, 0.15) is 0 Å². The second-order valence-electron chi connectivity index (χ2n) is 3.59. The summed E-state index contributed by atoms with van der Waals surface area (Å²) in [5.74, 6) is -0.977. The quantitative estimate of drug-likeness (QED) is 0.811. The minimum absolute atomic E-state index is 0.125. The Balaban J connectivity index is 2.11. The van der Waals surface area contributed by atoms with Gasteiger partial charge >= 0.3 is 0 Å². The van der Waals surface area contributed by atoms with Crippen molar-refractivity contribution in [3.8, 4) is 0 Å². The van der Waals surface area contributed by atoms with Crippen LogP contribution in [-0.4, -0.2) is 11.0 Å². The van der Waals surface area contributed by atoms with Crippen LogP contribution in [-0.2, 0) is 11.2 Å². The highest BCUT2D eigenvalue weighted by molar-refractivity contribution is 5.83. The molecule has 0 bridgehead atoms. The number of aliphatic carboxylic acids is 1. The van der Waals surface area contributed by atoms with Crippen LogP contribution >= 0.6 is 0 Å². The van der Waals surface area contributed by atoms with Gasteiger partial charge in [-0.05, 0) is 30.9 Å². The maximum atomic E-state index is 10.3. The highest BCUT2D eigenvalue weighted by atomic mass is 16.4. The third kappa shape index (κ3) is 2.18. The van der Waals surface area contributed by atoms with Gasteiger partial charge in [0, 0.05) is 23.1 Å². The fourth-order valence-corrected chi connectivity index (χ4v) is 1.76. The number of aromatic nitrogens is 1. The van der Waals surface area contributed by atoms with E-state index in [0.29, 0.717) is 6.42 Å². The molecule has 1 aromatic heterocycles. The first-order valence-corrected chi connectivity index (χ1v) is 5.02. The Morgan fingerprint density at radius 3 is 2.93 bits per heavy atom. The predicted octanol–water partition coefficient (Wildman–Crippen LogP) is 1.24. The molecule has 78 valence electrons. The second-order valence-corrected chi connectivity index (χ2v) is 3.59. The Kier molecular flexibility index (Phi) is 2.72. The van der Waals surface area contributed by atoms with Crippen molar-refractivity contribution in [2.45, 2.75) is 19.3 Å². The normalized spacial score (nSPS) is 10.7. The lowest BCUT2D eigenvalue weighted by Crippen LogP contribution is -2.21. The lowest BCUT2D eigenvalue weighted by molar-refractivity contribution is -0.305. The van der Waals surface area contributed by atoms with Crippen molar-refractivity contribution in [1.29, 1.82) is 0 Å². The predicted molar refractivity (Wildman–Crippen MR) is 56.2 cm³/mol. The summed E-state index contributed by atoms with van der Waals surface area (Å²) in [5.41, 5.74) is 2.27. The Bertz CT molecular complexity index is 473. The topological polar surface area (TPSA) is 55.9 Å². The number of carboxylic acids is 1. The molecule has 0 aliphatic rings. The van der Waals surface area contributed by atoms with E-state index in [1.54, 1.807) is 0 Å². The van der Waals surface area contributed by atoms with E-state index in [0.717, 1.165) is 11.9 Å². The van der Waals surface area contributed by atoms with Gasteiger partial charge in [0.25, 0.3) is 0 Å². The van der Waals surface area contributed by atoms with Crippen molar-refractivity contribution in [2.24, 2.45) is 0 Å². The van der Waals surface area contributed by atoms with E-state index in [1.807, 2.05) is 30.5 Å². The summed E-state index contributed by atoms with van der Waals surface area (Å²) < 4.78 is 0. The van der Waals surface area contributed by atoms with E-state index >= 15 is 0 Å². The number of H-pyrrole nitrogens is 1. The zero-order valence-corrected chi connectivity index (χ0v) is 8.32. The molecule has 0 saturated heterocycles. The minimum Gasteiger partial charge on any atom is -0.550 e. The third-order valence-electron chi connectivity index (χ3n) is 2.50. The van der Waals surface area contributed by atoms with Crippen molar-refractivity contribution in [3.05, 3.63) is 36.0 Å². The van der Waals surface area contributed by atoms with Gasteiger partial charge in [-0.3, -0.25) is 0 Å². The summed E-state index contributed by atoms with van der Waals surface area (Å²) in [5, 5.41) is 11.4. The van der Waals surface area contributed by atoms with Crippen molar-refractivity contribution in [1.82, 2.24) is 4.98 Å².